The van der Waals surface area contributed by atoms with Gasteiger partial charge in [-0.25, -0.2) is 0 Å². The first-order valence-corrected chi connectivity index (χ1v) is 6.95. The molecule has 0 radical (unpaired) electrons. The standard InChI is InChI=1S/C14H29NO/c1-4-16-12-6-11-15-13-7-5-9-14(2,3)10-8-13/h13,15H,4-12H2,1-3H3. The van der Waals surface area contributed by atoms with Crippen LogP contribution in [-0.2, 0) is 4.74 Å². The normalized spacial score (nSPS) is 25.3. The van der Waals surface area contributed by atoms with Gasteiger partial charge in [-0.05, 0) is 51.0 Å². The van der Waals surface area contributed by atoms with E-state index in [0.29, 0.717) is 5.41 Å². The van der Waals surface area contributed by atoms with Crippen LogP contribution in [0, 0.1) is 5.41 Å². The Morgan fingerprint density at radius 2 is 2.06 bits per heavy atom. The lowest BCUT2D eigenvalue weighted by atomic mass is 9.85. The van der Waals surface area contributed by atoms with Crippen LogP contribution in [0.5, 0.6) is 0 Å². The fraction of sp³-hybridized carbons (Fsp3) is 1.00. The maximum atomic E-state index is 5.34. The zero-order chi connectivity index (χ0) is 11.9. The summed E-state index contributed by atoms with van der Waals surface area (Å²) in [6, 6.07) is 0.753. The fourth-order valence-corrected chi connectivity index (χ4v) is 2.49. The van der Waals surface area contributed by atoms with E-state index in [4.69, 9.17) is 4.74 Å². The quantitative estimate of drug-likeness (QED) is 0.555. The predicted octanol–water partition coefficient (Wildman–Crippen LogP) is 3.36. The van der Waals surface area contributed by atoms with Gasteiger partial charge in [0.1, 0.15) is 0 Å². The molecule has 96 valence electrons. The summed E-state index contributed by atoms with van der Waals surface area (Å²) in [6.07, 6.45) is 8.00. The number of rotatable bonds is 6. The van der Waals surface area contributed by atoms with Crippen LogP contribution < -0.4 is 5.32 Å². The molecule has 0 spiro atoms. The highest BCUT2D eigenvalue weighted by atomic mass is 16.5. The molecule has 2 nitrogen and oxygen atoms in total. The molecule has 1 unspecified atom stereocenters. The topological polar surface area (TPSA) is 21.3 Å². The van der Waals surface area contributed by atoms with Gasteiger partial charge in [-0.1, -0.05) is 20.3 Å². The van der Waals surface area contributed by atoms with E-state index in [9.17, 15) is 0 Å². The molecule has 1 fully saturated rings. The molecule has 0 heterocycles. The van der Waals surface area contributed by atoms with Crippen LogP contribution in [0.15, 0.2) is 0 Å². The first-order chi connectivity index (χ1) is 7.64. The molecule has 0 aromatic heterocycles. The van der Waals surface area contributed by atoms with Gasteiger partial charge in [-0.3, -0.25) is 0 Å². The van der Waals surface area contributed by atoms with Gasteiger partial charge >= 0.3 is 0 Å². The molecule has 2 heteroatoms. The average Bonchev–Trinajstić information content (AvgIpc) is 2.40. The summed E-state index contributed by atoms with van der Waals surface area (Å²) in [5.74, 6) is 0. The van der Waals surface area contributed by atoms with Gasteiger partial charge in [0, 0.05) is 19.3 Å². The molecule has 1 N–H and O–H groups in total. The van der Waals surface area contributed by atoms with Gasteiger partial charge in [0.05, 0.1) is 0 Å². The Labute approximate surface area is 101 Å². The summed E-state index contributed by atoms with van der Waals surface area (Å²) in [5, 5.41) is 3.68. The zero-order valence-electron chi connectivity index (χ0n) is 11.3. The van der Waals surface area contributed by atoms with Gasteiger partial charge < -0.3 is 10.1 Å². The van der Waals surface area contributed by atoms with Crippen molar-refractivity contribution in [3.63, 3.8) is 0 Å². The number of ether oxygens (including phenoxy) is 1. The summed E-state index contributed by atoms with van der Waals surface area (Å²) in [4.78, 5) is 0. The van der Waals surface area contributed by atoms with E-state index in [2.05, 4.69) is 26.1 Å². The highest BCUT2D eigenvalue weighted by molar-refractivity contribution is 4.79. The highest BCUT2D eigenvalue weighted by Crippen LogP contribution is 2.33. The van der Waals surface area contributed by atoms with Crippen LogP contribution in [0.1, 0.15) is 59.3 Å². The van der Waals surface area contributed by atoms with Gasteiger partial charge in [0.25, 0.3) is 0 Å². The van der Waals surface area contributed by atoms with Crippen molar-refractivity contribution < 1.29 is 4.74 Å². The van der Waals surface area contributed by atoms with Gasteiger partial charge in [-0.15, -0.1) is 0 Å². The second-order valence-electron chi connectivity index (χ2n) is 5.80. The SMILES string of the molecule is CCOCCCNC1CCCC(C)(C)CC1. The van der Waals surface area contributed by atoms with Crippen molar-refractivity contribution in [1.29, 1.82) is 0 Å². The van der Waals surface area contributed by atoms with Crippen LogP contribution in [0.25, 0.3) is 0 Å². The molecule has 0 amide bonds. The minimum absolute atomic E-state index is 0.571. The molecule has 1 aliphatic rings. The molecule has 16 heavy (non-hydrogen) atoms. The Balaban J connectivity index is 2.08. The van der Waals surface area contributed by atoms with Crippen molar-refractivity contribution in [2.75, 3.05) is 19.8 Å². The first-order valence-electron chi connectivity index (χ1n) is 6.95. The Morgan fingerprint density at radius 1 is 1.25 bits per heavy atom. The Hall–Kier alpha value is -0.0800. The van der Waals surface area contributed by atoms with Crippen molar-refractivity contribution in [3.05, 3.63) is 0 Å². The summed E-state index contributed by atoms with van der Waals surface area (Å²) < 4.78 is 5.34. The van der Waals surface area contributed by atoms with Crippen molar-refractivity contribution in [3.8, 4) is 0 Å². The highest BCUT2D eigenvalue weighted by Gasteiger charge is 2.23. The largest absolute Gasteiger partial charge is 0.382 e. The van der Waals surface area contributed by atoms with Crippen LogP contribution in [0.2, 0.25) is 0 Å². The van der Waals surface area contributed by atoms with Crippen LogP contribution >= 0.6 is 0 Å². The lowest BCUT2D eigenvalue weighted by Gasteiger charge is -2.22. The Kier molecular flexibility index (Phi) is 6.37. The number of hydrogen-bond donors (Lipinski definition) is 1. The number of hydrogen-bond acceptors (Lipinski definition) is 2. The van der Waals surface area contributed by atoms with E-state index in [1.807, 2.05) is 0 Å². The predicted molar refractivity (Wildman–Crippen MR) is 69.8 cm³/mol. The lowest BCUT2D eigenvalue weighted by molar-refractivity contribution is 0.144. The maximum Gasteiger partial charge on any atom is 0.0477 e. The summed E-state index contributed by atoms with van der Waals surface area (Å²) in [7, 11) is 0. The van der Waals surface area contributed by atoms with Crippen molar-refractivity contribution in [1.82, 2.24) is 5.32 Å². The Bertz CT molecular complexity index is 180. The van der Waals surface area contributed by atoms with Gasteiger partial charge in [-0.2, -0.15) is 0 Å². The third-order valence-electron chi connectivity index (χ3n) is 3.68. The summed E-state index contributed by atoms with van der Waals surface area (Å²) >= 11 is 0. The van der Waals surface area contributed by atoms with Gasteiger partial charge in [0.2, 0.25) is 0 Å². The van der Waals surface area contributed by atoms with E-state index >= 15 is 0 Å². The monoisotopic (exact) mass is 227 g/mol. The summed E-state index contributed by atoms with van der Waals surface area (Å²) in [5.41, 5.74) is 0.571. The molecule has 0 aromatic carbocycles. The van der Waals surface area contributed by atoms with Crippen LogP contribution in [0.4, 0.5) is 0 Å². The Morgan fingerprint density at radius 3 is 2.81 bits per heavy atom. The van der Waals surface area contributed by atoms with E-state index < -0.39 is 0 Å². The van der Waals surface area contributed by atoms with Crippen molar-refractivity contribution in [2.45, 2.75) is 65.3 Å². The minimum Gasteiger partial charge on any atom is -0.382 e. The third kappa shape index (κ3) is 5.86. The fourth-order valence-electron chi connectivity index (χ4n) is 2.49. The van der Waals surface area contributed by atoms with Crippen LogP contribution in [0.3, 0.4) is 0 Å². The second kappa shape index (κ2) is 7.29. The first kappa shape index (κ1) is 14.0. The number of nitrogens with one attached hydrogen (secondary N) is 1. The lowest BCUT2D eigenvalue weighted by Crippen LogP contribution is -2.30. The molecule has 1 rings (SSSR count). The molecule has 0 aliphatic heterocycles. The smallest absolute Gasteiger partial charge is 0.0477 e. The summed E-state index contributed by atoms with van der Waals surface area (Å²) in [6.45, 7) is 9.74. The van der Waals surface area contributed by atoms with Crippen LogP contribution in [-0.4, -0.2) is 25.8 Å². The molecular weight excluding hydrogens is 198 g/mol. The molecule has 0 saturated heterocycles. The average molecular weight is 227 g/mol. The molecule has 0 bridgehead atoms. The van der Waals surface area contributed by atoms with E-state index in [-0.39, 0.29) is 0 Å². The van der Waals surface area contributed by atoms with E-state index in [1.54, 1.807) is 0 Å². The second-order valence-corrected chi connectivity index (χ2v) is 5.80. The third-order valence-corrected chi connectivity index (χ3v) is 3.68. The van der Waals surface area contributed by atoms with Crippen molar-refractivity contribution >= 4 is 0 Å². The maximum absolute atomic E-state index is 5.34. The molecular formula is C14H29NO. The molecule has 1 saturated carbocycles. The minimum atomic E-state index is 0.571. The molecule has 1 atom stereocenters. The molecule has 0 aromatic rings. The van der Waals surface area contributed by atoms with E-state index in [1.165, 1.54) is 32.1 Å². The zero-order valence-corrected chi connectivity index (χ0v) is 11.3. The van der Waals surface area contributed by atoms with Crippen molar-refractivity contribution in [2.24, 2.45) is 5.41 Å². The van der Waals surface area contributed by atoms with E-state index in [0.717, 1.165) is 32.2 Å². The molecule has 1 aliphatic carbocycles. The van der Waals surface area contributed by atoms with Gasteiger partial charge in [0.15, 0.2) is 0 Å².